The second-order valence-corrected chi connectivity index (χ2v) is 5.06. The number of hydrogen-bond acceptors (Lipinski definition) is 3. The van der Waals surface area contributed by atoms with Crippen LogP contribution in [0.1, 0.15) is 12.0 Å². The Bertz CT molecular complexity index is 582. The van der Waals surface area contributed by atoms with E-state index in [1.807, 2.05) is 42.5 Å². The van der Waals surface area contributed by atoms with Gasteiger partial charge in [0.15, 0.2) is 0 Å². The maximum absolute atomic E-state index is 12.1. The molecule has 4 heteroatoms. The lowest BCUT2D eigenvalue weighted by atomic mass is 10.0. The van der Waals surface area contributed by atoms with Crippen LogP contribution in [0.2, 0.25) is 0 Å². The number of methoxy groups -OCH3 is 1. The van der Waals surface area contributed by atoms with Crippen LogP contribution in [-0.4, -0.2) is 26.1 Å². The fraction of sp³-hybridized carbons (Fsp3) is 0.278. The first-order valence-corrected chi connectivity index (χ1v) is 7.39. The number of amides is 1. The van der Waals surface area contributed by atoms with Crippen LogP contribution < -0.4 is 15.4 Å². The molecule has 0 aromatic heterocycles. The normalized spacial score (nSPS) is 11.5. The first-order chi connectivity index (χ1) is 10.7. The van der Waals surface area contributed by atoms with Crippen molar-refractivity contribution in [1.29, 1.82) is 0 Å². The van der Waals surface area contributed by atoms with Crippen LogP contribution in [0.5, 0.6) is 5.75 Å². The van der Waals surface area contributed by atoms with Crippen molar-refractivity contribution in [3.63, 3.8) is 0 Å². The van der Waals surface area contributed by atoms with E-state index in [4.69, 9.17) is 4.74 Å². The highest BCUT2D eigenvalue weighted by molar-refractivity contribution is 5.84. The summed E-state index contributed by atoms with van der Waals surface area (Å²) in [6.45, 7) is 0. The number of carbonyl (C=O) groups is 1. The van der Waals surface area contributed by atoms with Gasteiger partial charge in [-0.3, -0.25) is 4.79 Å². The zero-order valence-electron chi connectivity index (χ0n) is 13.0. The number of rotatable bonds is 7. The Balaban J connectivity index is 2.00. The Morgan fingerprint density at radius 3 is 2.36 bits per heavy atom. The van der Waals surface area contributed by atoms with Crippen molar-refractivity contribution < 1.29 is 9.53 Å². The zero-order chi connectivity index (χ0) is 15.8. The third kappa shape index (κ3) is 4.52. The molecule has 0 bridgehead atoms. The summed E-state index contributed by atoms with van der Waals surface area (Å²) in [6.07, 6.45) is 1.58. The highest BCUT2D eigenvalue weighted by atomic mass is 16.5. The minimum atomic E-state index is -0.265. The van der Waals surface area contributed by atoms with Gasteiger partial charge in [-0.2, -0.15) is 0 Å². The number of anilines is 1. The van der Waals surface area contributed by atoms with Gasteiger partial charge < -0.3 is 15.4 Å². The van der Waals surface area contributed by atoms with Gasteiger partial charge in [-0.05, 0) is 42.7 Å². The molecule has 0 saturated carbocycles. The Labute approximate surface area is 131 Å². The van der Waals surface area contributed by atoms with Gasteiger partial charge in [-0.1, -0.05) is 30.3 Å². The van der Waals surface area contributed by atoms with Gasteiger partial charge in [0.1, 0.15) is 11.8 Å². The average molecular weight is 298 g/mol. The fourth-order valence-corrected chi connectivity index (χ4v) is 2.29. The zero-order valence-corrected chi connectivity index (χ0v) is 13.0. The lowest BCUT2D eigenvalue weighted by Gasteiger charge is -2.18. The summed E-state index contributed by atoms with van der Waals surface area (Å²) in [7, 11) is 3.29. The number of hydrogen-bond donors (Lipinski definition) is 2. The van der Waals surface area contributed by atoms with E-state index in [2.05, 4.69) is 22.8 Å². The number of likely N-dealkylation sites (N-methyl/N-ethyl adjacent to an activating group) is 1. The van der Waals surface area contributed by atoms with Gasteiger partial charge in [-0.25, -0.2) is 0 Å². The minimum absolute atomic E-state index is 0.00764. The molecule has 0 radical (unpaired) electrons. The van der Waals surface area contributed by atoms with E-state index >= 15 is 0 Å². The third-order valence-corrected chi connectivity index (χ3v) is 3.56. The van der Waals surface area contributed by atoms with E-state index in [0.717, 1.165) is 24.3 Å². The monoisotopic (exact) mass is 298 g/mol. The van der Waals surface area contributed by atoms with Gasteiger partial charge in [0.05, 0.1) is 7.11 Å². The molecule has 2 rings (SSSR count). The summed E-state index contributed by atoms with van der Waals surface area (Å²) in [5.41, 5.74) is 2.13. The van der Waals surface area contributed by atoms with E-state index < -0.39 is 0 Å². The molecule has 0 aliphatic rings. The molecule has 0 fully saturated rings. The van der Waals surface area contributed by atoms with E-state index in [1.165, 1.54) is 5.56 Å². The van der Waals surface area contributed by atoms with Gasteiger partial charge in [0.2, 0.25) is 5.91 Å². The Kier molecular flexibility index (Phi) is 5.83. The molecule has 0 saturated heterocycles. The van der Waals surface area contributed by atoms with Crippen molar-refractivity contribution in [2.24, 2.45) is 0 Å². The average Bonchev–Trinajstić information content (AvgIpc) is 2.59. The molecule has 1 atom stereocenters. The van der Waals surface area contributed by atoms with Crippen molar-refractivity contribution in [1.82, 2.24) is 5.32 Å². The minimum Gasteiger partial charge on any atom is -0.497 e. The first-order valence-electron chi connectivity index (χ1n) is 7.39. The molecular formula is C18H22N2O2. The summed E-state index contributed by atoms with van der Waals surface area (Å²) in [6, 6.07) is 17.5. The van der Waals surface area contributed by atoms with Crippen molar-refractivity contribution >= 4 is 11.6 Å². The molecule has 0 heterocycles. The molecule has 2 aromatic rings. The molecule has 116 valence electrons. The van der Waals surface area contributed by atoms with E-state index in [0.29, 0.717) is 0 Å². The SMILES string of the molecule is CNC(=O)C(CCc1ccccc1)Nc1ccc(OC)cc1. The third-order valence-electron chi connectivity index (χ3n) is 3.56. The lowest BCUT2D eigenvalue weighted by molar-refractivity contribution is -0.121. The lowest BCUT2D eigenvalue weighted by Crippen LogP contribution is -2.38. The first kappa shape index (κ1) is 15.9. The Hall–Kier alpha value is -2.49. The van der Waals surface area contributed by atoms with E-state index in [1.54, 1.807) is 14.2 Å². The molecule has 2 N–H and O–H groups in total. The van der Waals surface area contributed by atoms with Crippen LogP contribution in [0.25, 0.3) is 0 Å². The topological polar surface area (TPSA) is 50.4 Å². The maximum Gasteiger partial charge on any atom is 0.242 e. The largest absolute Gasteiger partial charge is 0.497 e. The van der Waals surface area contributed by atoms with Crippen LogP contribution in [0.15, 0.2) is 54.6 Å². The molecule has 1 amide bonds. The van der Waals surface area contributed by atoms with Gasteiger partial charge >= 0.3 is 0 Å². The van der Waals surface area contributed by atoms with Crippen LogP contribution in [-0.2, 0) is 11.2 Å². The predicted octanol–water partition coefficient (Wildman–Crippen LogP) is 2.85. The molecule has 1 unspecified atom stereocenters. The smallest absolute Gasteiger partial charge is 0.242 e. The van der Waals surface area contributed by atoms with Crippen LogP contribution in [0, 0.1) is 0 Å². The molecule has 2 aromatic carbocycles. The second kappa shape index (κ2) is 8.08. The summed E-state index contributed by atoms with van der Waals surface area (Å²) in [5.74, 6) is 0.790. The van der Waals surface area contributed by atoms with E-state index in [9.17, 15) is 4.79 Å². The second-order valence-electron chi connectivity index (χ2n) is 5.06. The molecule has 0 spiro atoms. The van der Waals surface area contributed by atoms with E-state index in [-0.39, 0.29) is 11.9 Å². The summed E-state index contributed by atoms with van der Waals surface area (Å²) < 4.78 is 5.14. The Morgan fingerprint density at radius 2 is 1.77 bits per heavy atom. The van der Waals surface area contributed by atoms with Gasteiger partial charge in [0, 0.05) is 12.7 Å². The molecular weight excluding hydrogens is 276 g/mol. The number of ether oxygens (including phenoxy) is 1. The van der Waals surface area contributed by atoms with Gasteiger partial charge in [-0.15, -0.1) is 0 Å². The Morgan fingerprint density at radius 1 is 1.09 bits per heavy atom. The molecule has 0 aliphatic heterocycles. The summed E-state index contributed by atoms with van der Waals surface area (Å²) in [4.78, 5) is 12.1. The van der Waals surface area contributed by atoms with Crippen LogP contribution in [0.4, 0.5) is 5.69 Å². The van der Waals surface area contributed by atoms with Crippen molar-refractivity contribution in [3.8, 4) is 5.75 Å². The van der Waals surface area contributed by atoms with Crippen LogP contribution >= 0.6 is 0 Å². The highest BCUT2D eigenvalue weighted by Gasteiger charge is 2.16. The van der Waals surface area contributed by atoms with Crippen molar-refractivity contribution in [2.75, 3.05) is 19.5 Å². The number of benzene rings is 2. The summed E-state index contributed by atoms with van der Waals surface area (Å²) >= 11 is 0. The number of aryl methyl sites for hydroxylation is 1. The van der Waals surface area contributed by atoms with Crippen molar-refractivity contribution in [3.05, 3.63) is 60.2 Å². The predicted molar refractivity (Wildman–Crippen MR) is 89.2 cm³/mol. The number of carbonyl (C=O) groups excluding carboxylic acids is 1. The summed E-state index contributed by atoms with van der Waals surface area (Å²) in [5, 5.41) is 6.00. The van der Waals surface area contributed by atoms with Crippen molar-refractivity contribution in [2.45, 2.75) is 18.9 Å². The standard InChI is InChI=1S/C18H22N2O2/c1-19-18(21)17(13-8-14-6-4-3-5-7-14)20-15-9-11-16(22-2)12-10-15/h3-7,9-12,17,20H,8,13H2,1-2H3,(H,19,21). The number of nitrogens with one attached hydrogen (secondary N) is 2. The molecule has 0 aliphatic carbocycles. The molecule has 22 heavy (non-hydrogen) atoms. The molecule has 4 nitrogen and oxygen atoms in total. The van der Waals surface area contributed by atoms with Crippen LogP contribution in [0.3, 0.4) is 0 Å². The highest BCUT2D eigenvalue weighted by Crippen LogP contribution is 2.17. The fourth-order valence-electron chi connectivity index (χ4n) is 2.29. The quantitative estimate of drug-likeness (QED) is 0.826. The van der Waals surface area contributed by atoms with Gasteiger partial charge in [0.25, 0.3) is 0 Å². The maximum atomic E-state index is 12.1.